The van der Waals surface area contributed by atoms with Gasteiger partial charge in [-0.2, -0.15) is 4.73 Å². The van der Waals surface area contributed by atoms with Crippen molar-refractivity contribution in [2.24, 2.45) is 0 Å². The van der Waals surface area contributed by atoms with Crippen LogP contribution < -0.4 is 9.47 Å². The van der Waals surface area contributed by atoms with E-state index in [1.54, 1.807) is 31.2 Å². The summed E-state index contributed by atoms with van der Waals surface area (Å²) in [6, 6.07) is 9.59. The van der Waals surface area contributed by atoms with Crippen molar-refractivity contribution in [2.45, 2.75) is 6.92 Å². The van der Waals surface area contributed by atoms with Gasteiger partial charge in [0.25, 0.3) is 0 Å². The summed E-state index contributed by atoms with van der Waals surface area (Å²) >= 11 is 5.76. The van der Waals surface area contributed by atoms with Gasteiger partial charge in [-0.1, -0.05) is 11.6 Å². The molecule has 0 unspecified atom stereocenters. The van der Waals surface area contributed by atoms with Crippen molar-refractivity contribution >= 4 is 17.6 Å². The molecule has 0 N–H and O–H groups in total. The lowest BCUT2D eigenvalue weighted by Gasteiger charge is -2.07. The molecule has 0 bridgehead atoms. The lowest BCUT2D eigenvalue weighted by molar-refractivity contribution is -0.608. The molecule has 0 aliphatic carbocycles. The lowest BCUT2D eigenvalue weighted by Crippen LogP contribution is -2.34. The number of nitrogens with zero attached hydrogens (tertiary/aromatic N) is 1. The van der Waals surface area contributed by atoms with E-state index in [2.05, 4.69) is 0 Å². The van der Waals surface area contributed by atoms with Gasteiger partial charge in [-0.15, -0.1) is 0 Å². The first-order valence-electron chi connectivity index (χ1n) is 5.94. The fourth-order valence-corrected chi connectivity index (χ4v) is 1.65. The van der Waals surface area contributed by atoms with Crippen LogP contribution in [0.5, 0.6) is 11.5 Å². The van der Waals surface area contributed by atoms with Crippen LogP contribution in [0.4, 0.5) is 0 Å². The largest absolute Gasteiger partial charge is 0.618 e. The van der Waals surface area contributed by atoms with Crippen LogP contribution in [-0.4, -0.2) is 12.6 Å². The molecular weight excluding hydrogens is 282 g/mol. The molecule has 0 saturated heterocycles. The molecule has 5 nitrogen and oxygen atoms in total. The van der Waals surface area contributed by atoms with E-state index >= 15 is 0 Å². The van der Waals surface area contributed by atoms with E-state index in [0.29, 0.717) is 21.3 Å². The van der Waals surface area contributed by atoms with E-state index in [0.717, 1.165) is 0 Å². The van der Waals surface area contributed by atoms with Crippen LogP contribution in [-0.2, 0) is 4.74 Å². The molecule has 6 heteroatoms. The fourth-order valence-electron chi connectivity index (χ4n) is 1.52. The van der Waals surface area contributed by atoms with Gasteiger partial charge < -0.3 is 14.7 Å². The minimum Gasteiger partial charge on any atom is -0.618 e. The second-order valence-electron chi connectivity index (χ2n) is 3.85. The Morgan fingerprint density at radius 2 is 1.85 bits per heavy atom. The molecule has 0 saturated carbocycles. The predicted molar refractivity (Wildman–Crippen MR) is 72.9 cm³/mol. The molecule has 2 rings (SSSR count). The van der Waals surface area contributed by atoms with Crippen LogP contribution in [0.25, 0.3) is 0 Å². The molecule has 0 fully saturated rings. The number of ether oxygens (including phenoxy) is 2. The van der Waals surface area contributed by atoms with Crippen molar-refractivity contribution in [2.75, 3.05) is 6.61 Å². The second kappa shape index (κ2) is 6.25. The minimum atomic E-state index is -0.666. The van der Waals surface area contributed by atoms with Crippen molar-refractivity contribution in [3.63, 3.8) is 0 Å². The van der Waals surface area contributed by atoms with Gasteiger partial charge in [0.05, 0.1) is 6.61 Å². The van der Waals surface area contributed by atoms with Crippen LogP contribution in [0.1, 0.15) is 17.4 Å². The first kappa shape index (κ1) is 14.1. The Labute approximate surface area is 120 Å². The zero-order chi connectivity index (χ0) is 14.5. The average molecular weight is 294 g/mol. The molecule has 0 atom stereocenters. The maximum absolute atomic E-state index is 11.7. The number of esters is 1. The van der Waals surface area contributed by atoms with Crippen LogP contribution >= 0.6 is 11.6 Å². The molecule has 0 amide bonds. The smallest absolute Gasteiger partial charge is 0.405 e. The highest BCUT2D eigenvalue weighted by atomic mass is 35.5. The number of pyridine rings is 1. The monoisotopic (exact) mass is 293 g/mol. The summed E-state index contributed by atoms with van der Waals surface area (Å²) in [6.07, 6.45) is 1.17. The van der Waals surface area contributed by atoms with Crippen LogP contribution in [0.2, 0.25) is 5.02 Å². The first-order valence-corrected chi connectivity index (χ1v) is 6.31. The number of carbonyl (C=O) groups is 1. The van der Waals surface area contributed by atoms with Crippen molar-refractivity contribution in [1.29, 1.82) is 0 Å². The molecule has 0 aliphatic heterocycles. The van der Waals surface area contributed by atoms with E-state index in [9.17, 15) is 10.0 Å². The van der Waals surface area contributed by atoms with Gasteiger partial charge in [0, 0.05) is 11.1 Å². The van der Waals surface area contributed by atoms with E-state index in [1.807, 2.05) is 0 Å². The summed E-state index contributed by atoms with van der Waals surface area (Å²) in [5, 5.41) is 12.3. The Balaban J connectivity index is 2.16. The molecule has 2 aromatic rings. The molecule has 0 spiro atoms. The Hall–Kier alpha value is -2.27. The normalized spacial score (nSPS) is 10.1. The third-order valence-corrected chi connectivity index (χ3v) is 2.67. The van der Waals surface area contributed by atoms with Crippen LogP contribution in [0, 0.1) is 5.21 Å². The number of aromatic nitrogens is 1. The third kappa shape index (κ3) is 3.39. The topological polar surface area (TPSA) is 62.5 Å². The Kier molecular flexibility index (Phi) is 4.42. The Morgan fingerprint density at radius 3 is 2.45 bits per heavy atom. The summed E-state index contributed by atoms with van der Waals surface area (Å²) in [7, 11) is 0. The minimum absolute atomic E-state index is 0.0877. The van der Waals surface area contributed by atoms with Gasteiger partial charge in [-0.05, 0) is 37.3 Å². The first-order chi connectivity index (χ1) is 9.60. The van der Waals surface area contributed by atoms with E-state index < -0.39 is 5.97 Å². The van der Waals surface area contributed by atoms with Gasteiger partial charge in [-0.25, -0.2) is 4.79 Å². The number of hydrogen-bond acceptors (Lipinski definition) is 4. The standard InChI is InChI=1S/C14H12ClNO4/c1-2-19-14(17)13-8-7-12(9-16(13)18)20-11-5-3-10(15)4-6-11/h3-9H,2H2,1H3. The molecule has 1 aromatic heterocycles. The SMILES string of the molecule is CCOC(=O)c1ccc(Oc2ccc(Cl)cc2)c[n+]1[O-]. The lowest BCUT2D eigenvalue weighted by atomic mass is 10.3. The van der Waals surface area contributed by atoms with Crippen LogP contribution in [0.3, 0.4) is 0 Å². The number of benzene rings is 1. The van der Waals surface area contributed by atoms with Crippen LogP contribution in [0.15, 0.2) is 42.6 Å². The summed E-state index contributed by atoms with van der Waals surface area (Å²) in [5.41, 5.74) is -0.0877. The highest BCUT2D eigenvalue weighted by Gasteiger charge is 2.18. The molecule has 0 aliphatic rings. The number of halogens is 1. The molecule has 104 valence electrons. The average Bonchev–Trinajstić information content (AvgIpc) is 2.42. The summed E-state index contributed by atoms with van der Waals surface area (Å²) in [5.74, 6) is 0.189. The van der Waals surface area contributed by atoms with Crippen molar-refractivity contribution in [3.05, 3.63) is 58.5 Å². The van der Waals surface area contributed by atoms with Gasteiger partial charge >= 0.3 is 11.7 Å². The predicted octanol–water partition coefficient (Wildman–Crippen LogP) is 2.94. The zero-order valence-corrected chi connectivity index (χ0v) is 11.5. The van der Waals surface area contributed by atoms with E-state index in [1.165, 1.54) is 18.3 Å². The Bertz CT molecular complexity index is 613. The zero-order valence-electron chi connectivity index (χ0n) is 10.7. The molecule has 1 aromatic carbocycles. The van der Waals surface area contributed by atoms with Crippen molar-refractivity contribution < 1.29 is 19.0 Å². The van der Waals surface area contributed by atoms with Crippen molar-refractivity contribution in [1.82, 2.24) is 0 Å². The van der Waals surface area contributed by atoms with E-state index in [-0.39, 0.29) is 12.3 Å². The third-order valence-electron chi connectivity index (χ3n) is 2.42. The Morgan fingerprint density at radius 1 is 1.20 bits per heavy atom. The van der Waals surface area contributed by atoms with E-state index in [4.69, 9.17) is 21.1 Å². The fraction of sp³-hybridized carbons (Fsp3) is 0.143. The molecule has 1 heterocycles. The second-order valence-corrected chi connectivity index (χ2v) is 4.29. The maximum atomic E-state index is 11.7. The maximum Gasteiger partial charge on any atom is 0.405 e. The highest BCUT2D eigenvalue weighted by Crippen LogP contribution is 2.22. The highest BCUT2D eigenvalue weighted by molar-refractivity contribution is 6.30. The number of rotatable bonds is 4. The summed E-state index contributed by atoms with van der Waals surface area (Å²) in [4.78, 5) is 11.5. The van der Waals surface area contributed by atoms with Gasteiger partial charge in [-0.3, -0.25) is 0 Å². The molecular formula is C14H12ClNO4. The molecule has 0 radical (unpaired) electrons. The summed E-state index contributed by atoms with van der Waals surface area (Å²) < 4.78 is 10.7. The van der Waals surface area contributed by atoms with Gasteiger partial charge in [0.1, 0.15) is 5.75 Å². The van der Waals surface area contributed by atoms with Gasteiger partial charge in [0.15, 0.2) is 5.75 Å². The molecule has 20 heavy (non-hydrogen) atoms. The van der Waals surface area contributed by atoms with Crippen molar-refractivity contribution in [3.8, 4) is 11.5 Å². The quantitative estimate of drug-likeness (QED) is 0.494. The number of carbonyl (C=O) groups excluding carboxylic acids is 1. The number of hydrogen-bond donors (Lipinski definition) is 0. The van der Waals surface area contributed by atoms with Gasteiger partial charge in [0.2, 0.25) is 6.20 Å². The summed E-state index contributed by atoms with van der Waals surface area (Å²) in [6.45, 7) is 1.88.